The monoisotopic (exact) mass is 272 g/mol. The van der Waals surface area contributed by atoms with Gasteiger partial charge in [0.25, 0.3) is 0 Å². The highest BCUT2D eigenvalue weighted by atomic mass is 15.2. The minimum absolute atomic E-state index is 0.924. The maximum absolute atomic E-state index is 4.20. The molecule has 108 valence electrons. The minimum Gasteiger partial charge on any atom is -0.313 e. The van der Waals surface area contributed by atoms with Gasteiger partial charge in [0.15, 0.2) is 0 Å². The smallest absolute Gasteiger partial charge is 0.0534 e. The van der Waals surface area contributed by atoms with Gasteiger partial charge in [-0.3, -0.25) is 9.58 Å². The van der Waals surface area contributed by atoms with E-state index in [2.05, 4.69) is 59.7 Å². The van der Waals surface area contributed by atoms with Crippen molar-refractivity contribution >= 4 is 0 Å². The number of nitrogens with one attached hydrogen (secondary N) is 1. The average molecular weight is 272 g/mol. The third-order valence-corrected chi connectivity index (χ3v) is 3.27. The Bertz CT molecular complexity index is 516. The van der Waals surface area contributed by atoms with E-state index in [-0.39, 0.29) is 0 Å². The molecule has 0 saturated carbocycles. The fourth-order valence-corrected chi connectivity index (χ4v) is 2.26. The van der Waals surface area contributed by atoms with Crippen molar-refractivity contribution in [3.8, 4) is 0 Å². The third kappa shape index (κ3) is 4.47. The first-order chi connectivity index (χ1) is 9.67. The summed E-state index contributed by atoms with van der Waals surface area (Å²) >= 11 is 0. The summed E-state index contributed by atoms with van der Waals surface area (Å²) in [5, 5.41) is 7.54. The van der Waals surface area contributed by atoms with E-state index >= 15 is 0 Å². The molecule has 0 radical (unpaired) electrons. The van der Waals surface area contributed by atoms with Crippen LogP contribution in [0.2, 0.25) is 0 Å². The van der Waals surface area contributed by atoms with Crippen molar-refractivity contribution in [3.63, 3.8) is 0 Å². The standard InChI is InChI=1S/C16H24N4/c1-4-17-9-14-5-7-15(8-6-14)11-19(2)12-16-10-18-20(3)13-16/h5-8,10,13,17H,4,9,11-12H2,1-3H3. The van der Waals surface area contributed by atoms with E-state index in [4.69, 9.17) is 0 Å². The van der Waals surface area contributed by atoms with E-state index < -0.39 is 0 Å². The number of benzene rings is 1. The Hall–Kier alpha value is -1.65. The van der Waals surface area contributed by atoms with Crippen LogP contribution in [-0.2, 0) is 26.7 Å². The van der Waals surface area contributed by atoms with E-state index in [1.807, 2.05) is 17.9 Å². The topological polar surface area (TPSA) is 33.1 Å². The van der Waals surface area contributed by atoms with Gasteiger partial charge in [0.1, 0.15) is 0 Å². The predicted molar refractivity (Wildman–Crippen MR) is 82.2 cm³/mol. The number of hydrogen-bond acceptors (Lipinski definition) is 3. The summed E-state index contributed by atoms with van der Waals surface area (Å²) in [4.78, 5) is 2.30. The molecule has 0 spiro atoms. The van der Waals surface area contributed by atoms with Crippen LogP contribution in [0.4, 0.5) is 0 Å². The maximum Gasteiger partial charge on any atom is 0.0534 e. The Balaban J connectivity index is 1.85. The van der Waals surface area contributed by atoms with Crippen molar-refractivity contribution in [2.45, 2.75) is 26.6 Å². The molecule has 0 unspecified atom stereocenters. The minimum atomic E-state index is 0.924. The van der Waals surface area contributed by atoms with Crippen LogP contribution in [0.25, 0.3) is 0 Å². The van der Waals surface area contributed by atoms with Crippen LogP contribution in [0.5, 0.6) is 0 Å². The fraction of sp³-hybridized carbons (Fsp3) is 0.438. The second-order valence-corrected chi connectivity index (χ2v) is 5.29. The van der Waals surface area contributed by atoms with Crippen LogP contribution in [0, 0.1) is 0 Å². The molecule has 1 aromatic heterocycles. The summed E-state index contributed by atoms with van der Waals surface area (Å²) < 4.78 is 1.85. The third-order valence-electron chi connectivity index (χ3n) is 3.27. The molecule has 0 fully saturated rings. The number of aromatic nitrogens is 2. The zero-order chi connectivity index (χ0) is 14.4. The van der Waals surface area contributed by atoms with Gasteiger partial charge in [0.05, 0.1) is 6.20 Å². The molecule has 0 bridgehead atoms. The van der Waals surface area contributed by atoms with Gasteiger partial charge in [0.2, 0.25) is 0 Å². The zero-order valence-electron chi connectivity index (χ0n) is 12.6. The van der Waals surface area contributed by atoms with Crippen LogP contribution in [0.1, 0.15) is 23.6 Å². The SMILES string of the molecule is CCNCc1ccc(CN(C)Cc2cnn(C)c2)cc1. The molecule has 0 aliphatic carbocycles. The lowest BCUT2D eigenvalue weighted by Crippen LogP contribution is -2.17. The molecular weight excluding hydrogens is 248 g/mol. The van der Waals surface area contributed by atoms with Gasteiger partial charge in [-0.25, -0.2) is 0 Å². The van der Waals surface area contributed by atoms with Crippen LogP contribution in [0.3, 0.4) is 0 Å². The van der Waals surface area contributed by atoms with Crippen molar-refractivity contribution in [1.82, 2.24) is 20.0 Å². The van der Waals surface area contributed by atoms with E-state index in [1.165, 1.54) is 16.7 Å². The molecule has 0 aliphatic rings. The Morgan fingerprint density at radius 1 is 1.10 bits per heavy atom. The highest BCUT2D eigenvalue weighted by molar-refractivity contribution is 5.22. The van der Waals surface area contributed by atoms with Gasteiger partial charge in [-0.05, 0) is 24.7 Å². The van der Waals surface area contributed by atoms with Crippen molar-refractivity contribution in [2.75, 3.05) is 13.6 Å². The van der Waals surface area contributed by atoms with Crippen molar-refractivity contribution in [1.29, 1.82) is 0 Å². The Labute approximate surface area is 121 Å². The number of aryl methyl sites for hydroxylation is 1. The lowest BCUT2D eigenvalue weighted by atomic mass is 10.1. The van der Waals surface area contributed by atoms with Crippen LogP contribution >= 0.6 is 0 Å². The van der Waals surface area contributed by atoms with E-state index in [0.29, 0.717) is 0 Å². The molecule has 1 aromatic carbocycles. The number of hydrogen-bond donors (Lipinski definition) is 1. The second kappa shape index (κ2) is 7.22. The van der Waals surface area contributed by atoms with E-state index in [0.717, 1.165) is 26.2 Å². The second-order valence-electron chi connectivity index (χ2n) is 5.29. The van der Waals surface area contributed by atoms with Gasteiger partial charge in [-0.15, -0.1) is 0 Å². The summed E-state index contributed by atoms with van der Waals surface area (Å²) in [6, 6.07) is 8.84. The largest absolute Gasteiger partial charge is 0.313 e. The van der Waals surface area contributed by atoms with Crippen molar-refractivity contribution < 1.29 is 0 Å². The molecular formula is C16H24N4. The molecule has 20 heavy (non-hydrogen) atoms. The lowest BCUT2D eigenvalue weighted by Gasteiger charge is -2.16. The molecule has 0 atom stereocenters. The molecule has 1 heterocycles. The van der Waals surface area contributed by atoms with E-state index in [1.54, 1.807) is 0 Å². The van der Waals surface area contributed by atoms with Gasteiger partial charge >= 0.3 is 0 Å². The van der Waals surface area contributed by atoms with Crippen LogP contribution < -0.4 is 5.32 Å². The molecule has 0 saturated heterocycles. The average Bonchev–Trinajstić information content (AvgIpc) is 2.83. The summed E-state index contributed by atoms with van der Waals surface area (Å²) in [6.07, 6.45) is 3.99. The molecule has 0 amide bonds. The molecule has 2 rings (SSSR count). The van der Waals surface area contributed by atoms with Crippen LogP contribution in [-0.4, -0.2) is 28.3 Å². The summed E-state index contributed by atoms with van der Waals surface area (Å²) in [5.74, 6) is 0. The highest BCUT2D eigenvalue weighted by Gasteiger charge is 2.03. The normalized spacial score (nSPS) is 11.2. The highest BCUT2D eigenvalue weighted by Crippen LogP contribution is 2.09. The number of rotatable bonds is 7. The van der Waals surface area contributed by atoms with Gasteiger partial charge in [-0.1, -0.05) is 31.2 Å². The Kier molecular flexibility index (Phi) is 5.32. The molecule has 4 heteroatoms. The first-order valence-electron chi connectivity index (χ1n) is 7.12. The van der Waals surface area contributed by atoms with Gasteiger partial charge in [0, 0.05) is 38.4 Å². The first kappa shape index (κ1) is 14.8. The Morgan fingerprint density at radius 3 is 2.35 bits per heavy atom. The van der Waals surface area contributed by atoms with Crippen molar-refractivity contribution in [3.05, 3.63) is 53.3 Å². The molecule has 4 nitrogen and oxygen atoms in total. The lowest BCUT2D eigenvalue weighted by molar-refractivity contribution is 0.319. The quantitative estimate of drug-likeness (QED) is 0.838. The van der Waals surface area contributed by atoms with Gasteiger partial charge in [-0.2, -0.15) is 5.10 Å². The first-order valence-corrected chi connectivity index (χ1v) is 7.12. The summed E-state index contributed by atoms with van der Waals surface area (Å²) in [6.45, 7) is 5.96. The van der Waals surface area contributed by atoms with E-state index in [9.17, 15) is 0 Å². The maximum atomic E-state index is 4.20. The van der Waals surface area contributed by atoms with Crippen molar-refractivity contribution in [2.24, 2.45) is 7.05 Å². The zero-order valence-corrected chi connectivity index (χ0v) is 12.6. The fourth-order valence-electron chi connectivity index (χ4n) is 2.26. The summed E-state index contributed by atoms with van der Waals surface area (Å²) in [5.41, 5.74) is 3.93. The summed E-state index contributed by atoms with van der Waals surface area (Å²) in [7, 11) is 4.09. The molecule has 2 aromatic rings. The van der Waals surface area contributed by atoms with Gasteiger partial charge < -0.3 is 5.32 Å². The molecule has 0 aliphatic heterocycles. The number of nitrogens with zero attached hydrogens (tertiary/aromatic N) is 3. The predicted octanol–water partition coefficient (Wildman–Crippen LogP) is 2.16. The van der Waals surface area contributed by atoms with Crippen LogP contribution in [0.15, 0.2) is 36.7 Å². The molecule has 1 N–H and O–H groups in total. The Morgan fingerprint density at radius 2 is 1.75 bits per heavy atom.